The van der Waals surface area contributed by atoms with Gasteiger partial charge in [0.25, 0.3) is 5.91 Å². The molecular weight excluding hydrogens is 252 g/mol. The third kappa shape index (κ3) is 2.67. The van der Waals surface area contributed by atoms with Gasteiger partial charge in [0, 0.05) is 18.0 Å². The highest BCUT2D eigenvalue weighted by atomic mass is 19.2. The number of hydrogen-bond acceptors (Lipinski definition) is 3. The number of halogens is 2. The minimum atomic E-state index is -1.12. The molecule has 4 nitrogen and oxygen atoms in total. The zero-order valence-corrected chi connectivity index (χ0v) is 10.1. The first-order valence-corrected chi connectivity index (χ1v) is 5.46. The Hall–Kier alpha value is -2.50. The van der Waals surface area contributed by atoms with Crippen molar-refractivity contribution < 1.29 is 13.6 Å². The number of anilines is 2. The number of nitrogens with one attached hydrogen (secondary N) is 1. The van der Waals surface area contributed by atoms with Crippen LogP contribution in [0.4, 0.5) is 20.2 Å². The van der Waals surface area contributed by atoms with Gasteiger partial charge in [0.05, 0.1) is 16.9 Å². The summed E-state index contributed by atoms with van der Waals surface area (Å²) in [5.74, 6) is -2.83. The number of nitrogens with two attached hydrogens (primary N) is 1. The van der Waals surface area contributed by atoms with Gasteiger partial charge in [-0.25, -0.2) is 8.78 Å². The summed E-state index contributed by atoms with van der Waals surface area (Å²) in [6.45, 7) is 1.71. The maximum Gasteiger partial charge on any atom is 0.257 e. The van der Waals surface area contributed by atoms with Gasteiger partial charge < -0.3 is 11.1 Å². The molecule has 2 rings (SSSR count). The second-order valence-corrected chi connectivity index (χ2v) is 3.94. The smallest absolute Gasteiger partial charge is 0.257 e. The van der Waals surface area contributed by atoms with Crippen LogP contribution in [0.2, 0.25) is 0 Å². The quantitative estimate of drug-likeness (QED) is 0.818. The Kier molecular flexibility index (Phi) is 3.41. The first-order chi connectivity index (χ1) is 8.99. The number of benzene rings is 1. The molecular formula is C13H11F2N3O. The number of hydrogen-bond donors (Lipinski definition) is 2. The van der Waals surface area contributed by atoms with Crippen LogP contribution >= 0.6 is 0 Å². The predicted molar refractivity (Wildman–Crippen MR) is 67.7 cm³/mol. The van der Waals surface area contributed by atoms with Crippen LogP contribution in [-0.2, 0) is 0 Å². The second-order valence-electron chi connectivity index (χ2n) is 3.94. The topological polar surface area (TPSA) is 68.0 Å². The SMILES string of the molecule is Cc1ncccc1NC(=O)c1cc(F)c(F)cc1N. The molecule has 3 N–H and O–H groups in total. The van der Waals surface area contributed by atoms with E-state index in [1.54, 1.807) is 25.3 Å². The Morgan fingerprint density at radius 2 is 2.00 bits per heavy atom. The molecule has 1 amide bonds. The number of nitrogens with zero attached hydrogens (tertiary/aromatic N) is 1. The van der Waals surface area contributed by atoms with Crippen molar-refractivity contribution in [2.75, 3.05) is 11.1 Å². The Labute approximate surface area is 108 Å². The fourth-order valence-corrected chi connectivity index (χ4v) is 1.56. The fraction of sp³-hybridized carbons (Fsp3) is 0.0769. The third-order valence-electron chi connectivity index (χ3n) is 2.59. The lowest BCUT2D eigenvalue weighted by Crippen LogP contribution is -2.15. The number of aryl methyl sites for hydroxylation is 1. The number of carbonyl (C=O) groups excluding carboxylic acids is 1. The molecule has 1 aromatic heterocycles. The number of rotatable bonds is 2. The molecule has 0 atom stereocenters. The van der Waals surface area contributed by atoms with Gasteiger partial charge in [0.1, 0.15) is 0 Å². The van der Waals surface area contributed by atoms with Gasteiger partial charge in [-0.05, 0) is 25.1 Å². The minimum Gasteiger partial charge on any atom is -0.398 e. The molecule has 1 aromatic carbocycles. The summed E-state index contributed by atoms with van der Waals surface area (Å²) in [5, 5.41) is 2.54. The van der Waals surface area contributed by atoms with Crippen molar-refractivity contribution >= 4 is 17.3 Å². The summed E-state index contributed by atoms with van der Waals surface area (Å²) in [6, 6.07) is 4.85. The van der Waals surface area contributed by atoms with E-state index in [1.807, 2.05) is 0 Å². The number of amides is 1. The molecule has 0 aliphatic carbocycles. The number of nitrogen functional groups attached to an aromatic ring is 1. The highest BCUT2D eigenvalue weighted by molar-refractivity contribution is 6.07. The summed E-state index contributed by atoms with van der Waals surface area (Å²) in [4.78, 5) is 15.9. The van der Waals surface area contributed by atoms with E-state index in [4.69, 9.17) is 5.73 Å². The van der Waals surface area contributed by atoms with Gasteiger partial charge in [-0.3, -0.25) is 9.78 Å². The van der Waals surface area contributed by atoms with E-state index in [9.17, 15) is 13.6 Å². The highest BCUT2D eigenvalue weighted by Gasteiger charge is 2.15. The van der Waals surface area contributed by atoms with Crippen molar-refractivity contribution in [3.8, 4) is 0 Å². The monoisotopic (exact) mass is 263 g/mol. The largest absolute Gasteiger partial charge is 0.398 e. The molecule has 0 bridgehead atoms. The van der Waals surface area contributed by atoms with E-state index in [2.05, 4.69) is 10.3 Å². The predicted octanol–water partition coefficient (Wildman–Crippen LogP) is 2.50. The molecule has 0 radical (unpaired) electrons. The molecule has 0 unspecified atom stereocenters. The van der Waals surface area contributed by atoms with Gasteiger partial charge in [-0.2, -0.15) is 0 Å². The molecule has 1 heterocycles. The molecule has 0 fully saturated rings. The lowest BCUT2D eigenvalue weighted by Gasteiger charge is -2.09. The first-order valence-electron chi connectivity index (χ1n) is 5.46. The van der Waals surface area contributed by atoms with Gasteiger partial charge in [-0.1, -0.05) is 0 Å². The molecule has 98 valence electrons. The molecule has 0 aliphatic rings. The minimum absolute atomic E-state index is 0.123. The van der Waals surface area contributed by atoms with Crippen molar-refractivity contribution in [2.24, 2.45) is 0 Å². The van der Waals surface area contributed by atoms with Gasteiger partial charge in [0.15, 0.2) is 11.6 Å². The fourth-order valence-electron chi connectivity index (χ4n) is 1.56. The van der Waals surface area contributed by atoms with Crippen LogP contribution in [0.1, 0.15) is 16.1 Å². The molecule has 2 aromatic rings. The molecule has 6 heteroatoms. The third-order valence-corrected chi connectivity index (χ3v) is 2.59. The van der Waals surface area contributed by atoms with Crippen molar-refractivity contribution in [1.82, 2.24) is 4.98 Å². The maximum atomic E-state index is 13.1. The molecule has 0 saturated heterocycles. The van der Waals surface area contributed by atoms with Crippen LogP contribution in [0.3, 0.4) is 0 Å². The Morgan fingerprint density at radius 3 is 2.68 bits per heavy atom. The van der Waals surface area contributed by atoms with Crippen molar-refractivity contribution in [3.05, 3.63) is 53.4 Å². The molecule has 0 saturated carbocycles. The standard InChI is InChI=1S/C13H11F2N3O/c1-7-12(3-2-4-17-7)18-13(19)8-5-9(14)10(15)6-11(8)16/h2-6H,16H2,1H3,(H,18,19). The lowest BCUT2D eigenvalue weighted by atomic mass is 10.1. The number of carbonyl (C=O) groups is 1. The maximum absolute atomic E-state index is 13.1. The van der Waals surface area contributed by atoms with Crippen LogP contribution in [0, 0.1) is 18.6 Å². The number of aromatic nitrogens is 1. The van der Waals surface area contributed by atoms with E-state index in [1.165, 1.54) is 0 Å². The van der Waals surface area contributed by atoms with Crippen LogP contribution in [0.25, 0.3) is 0 Å². The summed E-state index contributed by atoms with van der Waals surface area (Å²) >= 11 is 0. The van der Waals surface area contributed by atoms with Crippen LogP contribution in [0.15, 0.2) is 30.5 Å². The zero-order chi connectivity index (χ0) is 14.0. The van der Waals surface area contributed by atoms with Crippen molar-refractivity contribution in [3.63, 3.8) is 0 Å². The Bertz CT molecular complexity index is 644. The Morgan fingerprint density at radius 1 is 1.32 bits per heavy atom. The molecule has 19 heavy (non-hydrogen) atoms. The summed E-state index contributed by atoms with van der Waals surface area (Å²) in [6.07, 6.45) is 1.58. The first kappa shape index (κ1) is 12.9. The van der Waals surface area contributed by atoms with Crippen molar-refractivity contribution in [2.45, 2.75) is 6.92 Å². The average molecular weight is 263 g/mol. The second kappa shape index (κ2) is 5.01. The molecule has 0 spiro atoms. The van der Waals surface area contributed by atoms with Crippen LogP contribution < -0.4 is 11.1 Å². The van der Waals surface area contributed by atoms with Gasteiger partial charge in [0.2, 0.25) is 0 Å². The van der Waals surface area contributed by atoms with E-state index >= 15 is 0 Å². The summed E-state index contributed by atoms with van der Waals surface area (Å²) < 4.78 is 26.0. The summed E-state index contributed by atoms with van der Waals surface area (Å²) in [5.41, 5.74) is 6.34. The van der Waals surface area contributed by atoms with E-state index in [0.717, 1.165) is 12.1 Å². The van der Waals surface area contributed by atoms with Crippen LogP contribution in [0.5, 0.6) is 0 Å². The average Bonchev–Trinajstić information content (AvgIpc) is 2.36. The van der Waals surface area contributed by atoms with Crippen molar-refractivity contribution in [1.29, 1.82) is 0 Å². The van der Waals surface area contributed by atoms with Gasteiger partial charge >= 0.3 is 0 Å². The lowest BCUT2D eigenvalue weighted by molar-refractivity contribution is 0.102. The highest BCUT2D eigenvalue weighted by Crippen LogP contribution is 2.19. The summed E-state index contributed by atoms with van der Waals surface area (Å²) in [7, 11) is 0. The zero-order valence-electron chi connectivity index (χ0n) is 10.1. The van der Waals surface area contributed by atoms with E-state index in [0.29, 0.717) is 11.4 Å². The Balaban J connectivity index is 2.31. The number of pyridine rings is 1. The van der Waals surface area contributed by atoms with E-state index in [-0.39, 0.29) is 11.3 Å². The van der Waals surface area contributed by atoms with Crippen LogP contribution in [-0.4, -0.2) is 10.9 Å². The molecule has 0 aliphatic heterocycles. The normalized spacial score (nSPS) is 10.3. The van der Waals surface area contributed by atoms with Gasteiger partial charge in [-0.15, -0.1) is 0 Å². The van der Waals surface area contributed by atoms with E-state index < -0.39 is 17.5 Å².